The molecule has 1 N–H and O–H groups in total. The van der Waals surface area contributed by atoms with Gasteiger partial charge in [0.2, 0.25) is 0 Å². The summed E-state index contributed by atoms with van der Waals surface area (Å²) >= 11 is 6.32. The molecule has 0 amide bonds. The van der Waals surface area contributed by atoms with Gasteiger partial charge in [-0.05, 0) is 38.5 Å². The van der Waals surface area contributed by atoms with Crippen LogP contribution in [0.25, 0.3) is 0 Å². The number of piperidine rings is 1. The van der Waals surface area contributed by atoms with Gasteiger partial charge in [-0.3, -0.25) is 4.79 Å². The first kappa shape index (κ1) is 13.9. The number of nitrogens with one attached hydrogen (secondary N) is 1. The predicted molar refractivity (Wildman–Crippen MR) is 86.6 cm³/mol. The van der Waals surface area contributed by atoms with Gasteiger partial charge in [-0.15, -0.1) is 0 Å². The van der Waals surface area contributed by atoms with Crippen LogP contribution in [0.1, 0.15) is 43.1 Å². The largest absolute Gasteiger partial charge is 0.314 e. The molecule has 1 aliphatic carbocycles. The molecule has 0 bridgehead atoms. The summed E-state index contributed by atoms with van der Waals surface area (Å²) in [5, 5.41) is 8.77. The van der Waals surface area contributed by atoms with Crippen LogP contribution in [0.15, 0.2) is 39.2 Å². The third-order valence-corrected chi connectivity index (χ3v) is 4.91. The normalized spacial score (nSPS) is 29.6. The van der Waals surface area contributed by atoms with Crippen LogP contribution in [0.2, 0.25) is 0 Å². The topological polar surface area (TPSA) is 59.3 Å². The lowest BCUT2D eigenvalue weighted by molar-refractivity contribution is 0.369. The average Bonchev–Trinajstić information content (AvgIpc) is 2.86. The first-order valence-electron chi connectivity index (χ1n) is 7.63. The fourth-order valence-electron chi connectivity index (χ4n) is 3.53. The first-order chi connectivity index (χ1) is 10.6. The van der Waals surface area contributed by atoms with Crippen LogP contribution < -0.4 is 10.9 Å². The van der Waals surface area contributed by atoms with Gasteiger partial charge >= 0.3 is 0 Å². The van der Waals surface area contributed by atoms with Crippen molar-refractivity contribution in [3.05, 3.63) is 51.2 Å². The minimum Gasteiger partial charge on any atom is -0.314 e. The van der Waals surface area contributed by atoms with Crippen LogP contribution >= 0.6 is 11.6 Å². The number of rotatable bonds is 1. The zero-order valence-electron chi connectivity index (χ0n) is 12.3. The van der Waals surface area contributed by atoms with E-state index in [4.69, 9.17) is 11.6 Å². The van der Waals surface area contributed by atoms with Gasteiger partial charge in [-0.1, -0.05) is 17.7 Å². The van der Waals surface area contributed by atoms with Gasteiger partial charge in [-0.25, -0.2) is 4.68 Å². The van der Waals surface area contributed by atoms with E-state index in [-0.39, 0.29) is 11.5 Å². The van der Waals surface area contributed by atoms with E-state index in [9.17, 15) is 4.79 Å². The summed E-state index contributed by atoms with van der Waals surface area (Å²) in [5.41, 5.74) is 1.61. The number of hydrogen-bond acceptors (Lipinski definition) is 4. The Balaban J connectivity index is 1.84. The van der Waals surface area contributed by atoms with Crippen LogP contribution in [0.5, 0.6) is 0 Å². The second kappa shape index (κ2) is 5.18. The molecule has 4 rings (SSSR count). The van der Waals surface area contributed by atoms with Gasteiger partial charge < -0.3 is 5.32 Å². The lowest BCUT2D eigenvalue weighted by Crippen LogP contribution is -2.36. The highest BCUT2D eigenvalue weighted by atomic mass is 35.5. The van der Waals surface area contributed by atoms with Crippen molar-refractivity contribution in [1.82, 2.24) is 15.0 Å². The molecule has 0 spiro atoms. The molecule has 3 heterocycles. The maximum absolute atomic E-state index is 12.1. The minimum absolute atomic E-state index is 0.196. The van der Waals surface area contributed by atoms with Gasteiger partial charge in [-0.2, -0.15) is 10.1 Å². The number of hydrogen-bond donors (Lipinski definition) is 1. The fourth-order valence-corrected chi connectivity index (χ4v) is 3.82. The molecule has 1 aromatic heterocycles. The van der Waals surface area contributed by atoms with Crippen molar-refractivity contribution in [3.8, 4) is 0 Å². The van der Waals surface area contributed by atoms with Gasteiger partial charge in [0.25, 0.3) is 5.56 Å². The van der Waals surface area contributed by atoms with E-state index in [0.717, 1.165) is 30.8 Å². The van der Waals surface area contributed by atoms with Crippen molar-refractivity contribution in [2.24, 2.45) is 5.10 Å². The summed E-state index contributed by atoms with van der Waals surface area (Å²) in [4.78, 5) is 16.3. The smallest absolute Gasteiger partial charge is 0.273 e. The average molecular weight is 317 g/mol. The van der Waals surface area contributed by atoms with Crippen molar-refractivity contribution in [3.63, 3.8) is 0 Å². The Morgan fingerprint density at radius 3 is 3.14 bits per heavy atom. The van der Waals surface area contributed by atoms with E-state index >= 15 is 0 Å². The summed E-state index contributed by atoms with van der Waals surface area (Å²) in [6.45, 7) is 3.13. The second-order valence-corrected chi connectivity index (χ2v) is 6.57. The quantitative estimate of drug-likeness (QED) is 0.863. The SMILES string of the molecule is CC1CC(c2cc(=O)nc3n2N=C2C=CC=C(Cl)C23)CCN1. The van der Waals surface area contributed by atoms with Crippen molar-refractivity contribution >= 4 is 17.3 Å². The molecule has 1 aromatic rings. The van der Waals surface area contributed by atoms with Crippen LogP contribution in [0, 0.1) is 0 Å². The number of halogens is 1. The second-order valence-electron chi connectivity index (χ2n) is 6.13. The molecule has 2 aliphatic heterocycles. The highest BCUT2D eigenvalue weighted by molar-refractivity contribution is 6.33. The molecule has 1 fully saturated rings. The van der Waals surface area contributed by atoms with Crippen LogP contribution in [-0.2, 0) is 0 Å². The molecule has 3 unspecified atom stereocenters. The fraction of sp³-hybridized carbons (Fsp3) is 0.438. The Labute approximate surface area is 133 Å². The molecule has 5 nitrogen and oxygen atoms in total. The van der Waals surface area contributed by atoms with Gasteiger partial charge in [0, 0.05) is 23.1 Å². The zero-order valence-corrected chi connectivity index (χ0v) is 13.0. The molecule has 0 saturated carbocycles. The number of allylic oxidation sites excluding steroid dienone is 4. The van der Waals surface area contributed by atoms with E-state index < -0.39 is 0 Å². The molecule has 3 atom stereocenters. The molecule has 6 heteroatoms. The Hall–Kier alpha value is -1.72. The first-order valence-corrected chi connectivity index (χ1v) is 8.01. The number of fused-ring (bicyclic) bond motifs is 3. The molecule has 0 radical (unpaired) electrons. The van der Waals surface area contributed by atoms with E-state index in [1.807, 2.05) is 22.9 Å². The van der Waals surface area contributed by atoms with Gasteiger partial charge in [0.05, 0.1) is 17.3 Å². The maximum Gasteiger partial charge on any atom is 0.273 e. The molecular weight excluding hydrogens is 300 g/mol. The summed E-state index contributed by atoms with van der Waals surface area (Å²) in [5.74, 6) is 0.773. The maximum atomic E-state index is 12.1. The Morgan fingerprint density at radius 2 is 2.32 bits per heavy atom. The van der Waals surface area contributed by atoms with E-state index in [0.29, 0.717) is 22.8 Å². The van der Waals surface area contributed by atoms with Crippen molar-refractivity contribution in [2.75, 3.05) is 6.54 Å². The molecule has 1 saturated heterocycles. The van der Waals surface area contributed by atoms with Crippen molar-refractivity contribution in [1.29, 1.82) is 0 Å². The Kier molecular flexibility index (Phi) is 3.27. The van der Waals surface area contributed by atoms with Gasteiger partial charge in [0.1, 0.15) is 5.82 Å². The predicted octanol–water partition coefficient (Wildman–Crippen LogP) is 2.09. The zero-order chi connectivity index (χ0) is 15.3. The van der Waals surface area contributed by atoms with Crippen LogP contribution in [-0.4, -0.2) is 28.0 Å². The highest BCUT2D eigenvalue weighted by Gasteiger charge is 2.34. The van der Waals surface area contributed by atoms with E-state index in [1.54, 1.807) is 6.07 Å². The Bertz CT molecular complexity index is 777. The summed E-state index contributed by atoms with van der Waals surface area (Å²) in [6, 6.07) is 2.08. The Morgan fingerprint density at radius 1 is 1.45 bits per heavy atom. The summed E-state index contributed by atoms with van der Waals surface area (Å²) < 4.78 is 1.84. The summed E-state index contributed by atoms with van der Waals surface area (Å²) in [6.07, 6.45) is 7.66. The molecule has 0 aromatic carbocycles. The molecule has 22 heavy (non-hydrogen) atoms. The summed E-state index contributed by atoms with van der Waals surface area (Å²) in [7, 11) is 0. The van der Waals surface area contributed by atoms with Gasteiger partial charge in [0.15, 0.2) is 0 Å². The third kappa shape index (κ3) is 2.16. The molecule has 3 aliphatic rings. The van der Waals surface area contributed by atoms with E-state index in [1.165, 1.54) is 0 Å². The van der Waals surface area contributed by atoms with Crippen LogP contribution in [0.4, 0.5) is 0 Å². The molecular formula is C16H17ClN4O. The standard InChI is InChI=1S/C16H17ClN4O/c1-9-7-10(5-6-18-9)13-8-14(22)19-16-15-11(17)3-2-4-12(15)20-21(13)16/h2-4,8-10,15,18H,5-7H2,1H3. The highest BCUT2D eigenvalue weighted by Crippen LogP contribution is 2.37. The monoisotopic (exact) mass is 316 g/mol. The third-order valence-electron chi connectivity index (χ3n) is 4.57. The van der Waals surface area contributed by atoms with Crippen molar-refractivity contribution < 1.29 is 0 Å². The number of aromatic nitrogens is 2. The lowest BCUT2D eigenvalue weighted by Gasteiger charge is -2.29. The van der Waals surface area contributed by atoms with E-state index in [2.05, 4.69) is 22.3 Å². The van der Waals surface area contributed by atoms with Crippen LogP contribution in [0.3, 0.4) is 0 Å². The molecule has 114 valence electrons. The number of nitrogens with zero attached hydrogens (tertiary/aromatic N) is 3. The van der Waals surface area contributed by atoms with Crippen molar-refractivity contribution in [2.45, 2.75) is 37.6 Å². The minimum atomic E-state index is -0.206. The lowest BCUT2D eigenvalue weighted by atomic mass is 9.90.